The molecule has 0 saturated heterocycles. The molecule has 0 bridgehead atoms. The maximum Gasteiger partial charge on any atom is 0.415 e. The van der Waals surface area contributed by atoms with Gasteiger partial charge in [-0.15, -0.1) is 0 Å². The Hall–Kier alpha value is 0.250. The van der Waals surface area contributed by atoms with Crippen molar-refractivity contribution < 1.29 is 12.9 Å². The van der Waals surface area contributed by atoms with Crippen LogP contribution in [0.15, 0.2) is 0 Å². The predicted octanol–water partition coefficient (Wildman–Crippen LogP) is 3.36. The molecule has 0 aromatic rings. The van der Waals surface area contributed by atoms with Crippen molar-refractivity contribution in [2.75, 3.05) is 6.61 Å². The summed E-state index contributed by atoms with van der Waals surface area (Å²) in [5.74, 6) is 0. The Labute approximate surface area is 55.5 Å². The second kappa shape index (κ2) is 6.37. The molecule has 0 radical (unpaired) electrons. The molecule has 0 aliphatic carbocycles. The van der Waals surface area contributed by atoms with Crippen molar-refractivity contribution in [2.24, 2.45) is 0 Å². The van der Waals surface area contributed by atoms with E-state index in [0.717, 1.165) is 19.3 Å². The van der Waals surface area contributed by atoms with Gasteiger partial charge in [0.05, 0.1) is 6.61 Å². The van der Waals surface area contributed by atoms with Gasteiger partial charge < -0.3 is 4.52 Å². The summed E-state index contributed by atoms with van der Waals surface area (Å²) >= 11 is 0. The molecule has 0 spiro atoms. The molecule has 0 aromatic carbocycles. The number of rotatable bonds is 5. The lowest BCUT2D eigenvalue weighted by Gasteiger charge is -1.97. The van der Waals surface area contributed by atoms with E-state index in [9.17, 15) is 8.39 Å². The Kier molecular flexibility index (Phi) is 6.55. The summed E-state index contributed by atoms with van der Waals surface area (Å²) in [6.07, 6.45) is 2.77. The highest BCUT2D eigenvalue weighted by atomic mass is 31.2. The van der Waals surface area contributed by atoms with Crippen molar-refractivity contribution in [3.05, 3.63) is 0 Å². The summed E-state index contributed by atoms with van der Waals surface area (Å²) in [6.45, 7) is 2.24. The Balaban J connectivity index is 2.75. The van der Waals surface area contributed by atoms with E-state index in [1.807, 2.05) is 6.92 Å². The van der Waals surface area contributed by atoms with Gasteiger partial charge in [0.25, 0.3) is 0 Å². The van der Waals surface area contributed by atoms with Crippen molar-refractivity contribution in [3.63, 3.8) is 0 Å². The smallest absolute Gasteiger partial charge is 0.306 e. The van der Waals surface area contributed by atoms with Crippen molar-refractivity contribution in [3.8, 4) is 0 Å². The van der Waals surface area contributed by atoms with E-state index < -0.39 is 8.77 Å². The Morgan fingerprint density at radius 1 is 1.33 bits per heavy atom. The van der Waals surface area contributed by atoms with Gasteiger partial charge in [0.2, 0.25) is 0 Å². The molecule has 0 N–H and O–H groups in total. The van der Waals surface area contributed by atoms with Crippen LogP contribution in [-0.2, 0) is 4.52 Å². The minimum absolute atomic E-state index is 0.215. The normalized spacial score (nSPS) is 10.7. The first-order valence-corrected chi connectivity index (χ1v) is 4.06. The zero-order chi connectivity index (χ0) is 7.11. The molecule has 0 fully saturated rings. The van der Waals surface area contributed by atoms with Gasteiger partial charge in [0.1, 0.15) is 0 Å². The second-order valence-electron chi connectivity index (χ2n) is 1.74. The lowest BCUT2D eigenvalue weighted by Crippen LogP contribution is -1.84. The van der Waals surface area contributed by atoms with E-state index in [1.54, 1.807) is 0 Å². The van der Waals surface area contributed by atoms with Gasteiger partial charge in [-0.05, 0) is 6.42 Å². The average Bonchev–Trinajstić information content (AvgIpc) is 1.80. The van der Waals surface area contributed by atoms with E-state index in [4.69, 9.17) is 0 Å². The first-order valence-electron chi connectivity index (χ1n) is 3.02. The van der Waals surface area contributed by atoms with E-state index in [0.29, 0.717) is 0 Å². The summed E-state index contributed by atoms with van der Waals surface area (Å²) in [6, 6.07) is 0. The topological polar surface area (TPSA) is 9.23 Å². The quantitative estimate of drug-likeness (QED) is 0.438. The third kappa shape index (κ3) is 8.25. The fourth-order valence-electron chi connectivity index (χ4n) is 0.486. The van der Waals surface area contributed by atoms with Crippen LogP contribution in [0.1, 0.15) is 26.2 Å². The largest absolute Gasteiger partial charge is 0.415 e. The molecule has 0 aliphatic heterocycles. The summed E-state index contributed by atoms with van der Waals surface area (Å²) in [4.78, 5) is 0. The fourth-order valence-corrected chi connectivity index (χ4v) is 0.753. The summed E-state index contributed by atoms with van der Waals surface area (Å²) in [5.41, 5.74) is 0. The molecule has 9 heavy (non-hydrogen) atoms. The van der Waals surface area contributed by atoms with E-state index in [1.165, 1.54) is 0 Å². The van der Waals surface area contributed by atoms with E-state index in [2.05, 4.69) is 4.52 Å². The van der Waals surface area contributed by atoms with Crippen LogP contribution >= 0.6 is 8.77 Å². The minimum Gasteiger partial charge on any atom is -0.306 e. The van der Waals surface area contributed by atoms with Crippen LogP contribution in [0.2, 0.25) is 0 Å². The molecule has 0 amide bonds. The van der Waals surface area contributed by atoms with E-state index >= 15 is 0 Å². The van der Waals surface area contributed by atoms with Gasteiger partial charge in [-0.1, -0.05) is 19.8 Å². The van der Waals surface area contributed by atoms with Crippen LogP contribution in [0.5, 0.6) is 0 Å². The summed E-state index contributed by atoms with van der Waals surface area (Å²) in [7, 11) is -3.12. The summed E-state index contributed by atoms with van der Waals surface area (Å²) < 4.78 is 26.7. The molecule has 1 nitrogen and oxygen atoms in total. The molecule has 4 heteroatoms. The Morgan fingerprint density at radius 3 is 2.44 bits per heavy atom. The van der Waals surface area contributed by atoms with Crippen LogP contribution < -0.4 is 0 Å². The number of hydrogen-bond donors (Lipinski definition) is 0. The van der Waals surface area contributed by atoms with Gasteiger partial charge in [-0.3, -0.25) is 0 Å². The summed E-state index contributed by atoms with van der Waals surface area (Å²) in [5, 5.41) is 0. The number of halogens is 2. The van der Waals surface area contributed by atoms with Crippen LogP contribution in [0.25, 0.3) is 0 Å². The first-order chi connectivity index (χ1) is 4.27. The SMILES string of the molecule is CCCCCOP(F)F. The molecular weight excluding hydrogens is 145 g/mol. The van der Waals surface area contributed by atoms with Gasteiger partial charge in [0, 0.05) is 0 Å². The number of unbranched alkanes of at least 4 members (excludes halogenated alkanes) is 2. The molecule has 0 heterocycles. The maximum absolute atomic E-state index is 11.3. The van der Waals surface area contributed by atoms with Gasteiger partial charge in [0.15, 0.2) is 0 Å². The Morgan fingerprint density at radius 2 is 2.00 bits per heavy atom. The average molecular weight is 156 g/mol. The highest BCUT2D eigenvalue weighted by molar-refractivity contribution is 7.40. The molecule has 0 rings (SSSR count). The number of hydrogen-bond acceptors (Lipinski definition) is 1. The van der Waals surface area contributed by atoms with Crippen molar-refractivity contribution >= 4 is 8.77 Å². The molecule has 0 aromatic heterocycles. The highest BCUT2D eigenvalue weighted by Crippen LogP contribution is 2.39. The molecule has 0 aliphatic rings. The standard InChI is InChI=1S/C5H11F2OP/c1-2-3-4-5-8-9(6)7/h2-5H2,1H3. The predicted molar refractivity (Wildman–Crippen MR) is 34.6 cm³/mol. The maximum atomic E-state index is 11.3. The van der Waals surface area contributed by atoms with Crippen LogP contribution in [-0.4, -0.2) is 6.61 Å². The van der Waals surface area contributed by atoms with Crippen molar-refractivity contribution in [2.45, 2.75) is 26.2 Å². The molecular formula is C5H11F2OP. The van der Waals surface area contributed by atoms with Crippen molar-refractivity contribution in [1.82, 2.24) is 0 Å². The lowest BCUT2D eigenvalue weighted by molar-refractivity contribution is 0.298. The Bertz CT molecular complexity index is 60.9. The monoisotopic (exact) mass is 156 g/mol. The van der Waals surface area contributed by atoms with E-state index in [-0.39, 0.29) is 6.61 Å². The van der Waals surface area contributed by atoms with Gasteiger partial charge >= 0.3 is 8.77 Å². The third-order valence-corrected chi connectivity index (χ3v) is 1.31. The van der Waals surface area contributed by atoms with Crippen LogP contribution in [0, 0.1) is 0 Å². The third-order valence-electron chi connectivity index (χ3n) is 0.937. The highest BCUT2D eigenvalue weighted by Gasteiger charge is 2.01. The lowest BCUT2D eigenvalue weighted by atomic mass is 10.3. The second-order valence-corrected chi connectivity index (χ2v) is 2.40. The van der Waals surface area contributed by atoms with Gasteiger partial charge in [-0.25, -0.2) is 0 Å². The van der Waals surface area contributed by atoms with Crippen LogP contribution in [0.3, 0.4) is 0 Å². The molecule has 0 unspecified atom stereocenters. The minimum atomic E-state index is -3.12. The molecule has 56 valence electrons. The van der Waals surface area contributed by atoms with Gasteiger partial charge in [-0.2, -0.15) is 8.39 Å². The molecule has 0 saturated carbocycles. The van der Waals surface area contributed by atoms with Crippen LogP contribution in [0.4, 0.5) is 8.39 Å². The fraction of sp³-hybridized carbons (Fsp3) is 1.00. The first kappa shape index (κ1) is 9.25. The molecule has 0 atom stereocenters. The zero-order valence-corrected chi connectivity index (χ0v) is 6.33. The van der Waals surface area contributed by atoms with Crippen molar-refractivity contribution in [1.29, 1.82) is 0 Å². The zero-order valence-electron chi connectivity index (χ0n) is 5.44.